The van der Waals surface area contributed by atoms with E-state index in [2.05, 4.69) is 0 Å². The van der Waals surface area contributed by atoms with Crippen molar-refractivity contribution in [2.24, 2.45) is 0 Å². The molecule has 164 valence electrons. The Morgan fingerprint density at radius 2 is 1.74 bits per heavy atom. The second-order valence-electron chi connectivity index (χ2n) is 8.33. The first-order valence-electron chi connectivity index (χ1n) is 10.8. The quantitative estimate of drug-likeness (QED) is 0.544. The maximum atomic E-state index is 16.2. The highest BCUT2D eigenvalue weighted by molar-refractivity contribution is 6.58. The van der Waals surface area contributed by atoms with Crippen LogP contribution in [-0.2, 0) is 6.42 Å². The van der Waals surface area contributed by atoms with Crippen LogP contribution < -0.4 is 4.74 Å². The Morgan fingerprint density at radius 1 is 1.06 bits per heavy atom. The average Bonchev–Trinajstić information content (AvgIpc) is 3.13. The molecule has 1 aromatic carbocycles. The van der Waals surface area contributed by atoms with E-state index >= 15 is 8.63 Å². The lowest BCUT2D eigenvalue weighted by Gasteiger charge is -2.34. The van der Waals surface area contributed by atoms with Crippen molar-refractivity contribution in [2.75, 3.05) is 7.11 Å². The van der Waals surface area contributed by atoms with Gasteiger partial charge in [-0.05, 0) is 68.1 Å². The molecule has 0 spiro atoms. The summed E-state index contributed by atoms with van der Waals surface area (Å²) >= 11 is 0. The molecule has 0 radical (unpaired) electrons. The van der Waals surface area contributed by atoms with Crippen LogP contribution in [-0.4, -0.2) is 28.8 Å². The largest absolute Gasteiger partial charge is 0.737 e. The summed E-state index contributed by atoms with van der Waals surface area (Å²) in [6, 6.07) is 4.60. The van der Waals surface area contributed by atoms with Gasteiger partial charge in [0.2, 0.25) is 0 Å². The number of halogens is 3. The van der Waals surface area contributed by atoms with Gasteiger partial charge in [-0.15, -0.1) is 0 Å². The zero-order valence-corrected chi connectivity index (χ0v) is 19.2. The fraction of sp³-hybridized carbons (Fsp3) is 0.375. The Labute approximate surface area is 181 Å². The zero-order chi connectivity index (χ0) is 22.8. The molecule has 2 aliphatic rings. The Kier molecular flexibility index (Phi) is 4.99. The summed E-state index contributed by atoms with van der Waals surface area (Å²) in [5.74, 6) is -0.383. The summed E-state index contributed by atoms with van der Waals surface area (Å²) in [6.45, 7) is 7.26. The van der Waals surface area contributed by atoms with Gasteiger partial charge in [0.1, 0.15) is 5.71 Å². The molecule has 0 amide bonds. The van der Waals surface area contributed by atoms with E-state index in [1.165, 1.54) is 22.1 Å². The molecule has 0 aliphatic carbocycles. The van der Waals surface area contributed by atoms with Gasteiger partial charge in [0.05, 0.1) is 12.7 Å². The van der Waals surface area contributed by atoms with E-state index in [4.69, 9.17) is 4.74 Å². The first kappa shape index (κ1) is 21.5. The molecule has 31 heavy (non-hydrogen) atoms. The van der Waals surface area contributed by atoms with E-state index in [9.17, 15) is 4.39 Å². The molecule has 7 heteroatoms. The van der Waals surface area contributed by atoms with E-state index in [-0.39, 0.29) is 5.75 Å². The number of aromatic nitrogens is 1. The number of methoxy groups -OCH3 is 1. The predicted octanol–water partition coefficient (Wildman–Crippen LogP) is 6.02. The van der Waals surface area contributed by atoms with Crippen LogP contribution in [0.15, 0.2) is 35.0 Å². The Hall–Kier alpha value is -2.70. The van der Waals surface area contributed by atoms with Gasteiger partial charge < -0.3 is 22.3 Å². The third-order valence-electron chi connectivity index (χ3n) is 6.94. The van der Waals surface area contributed by atoms with Crippen molar-refractivity contribution in [3.05, 3.63) is 68.9 Å². The normalized spacial score (nSPS) is 17.5. The van der Waals surface area contributed by atoms with Crippen LogP contribution >= 0.6 is 0 Å². The number of rotatable bonds is 4. The average molecular weight is 428 g/mol. The number of fused-ring (bicyclic) bond motifs is 2. The number of nitrogens with zero attached hydrogens (tertiary/aromatic N) is 2. The first-order valence-corrected chi connectivity index (χ1v) is 10.8. The van der Waals surface area contributed by atoms with Gasteiger partial charge in [-0.25, -0.2) is 4.39 Å². The van der Waals surface area contributed by atoms with Gasteiger partial charge in [-0.2, -0.15) is 0 Å². The summed E-state index contributed by atoms with van der Waals surface area (Å²) in [5.41, 5.74) is 7.13. The molecule has 3 nitrogen and oxygen atoms in total. The SMILES string of the molecule is CCC1=C(C)C2=C(c3ccc(F)c(OC)c3)c3c(C)c(CC)c(C)n3[B-](F)(F)[N+]2=C1C. The Morgan fingerprint density at radius 3 is 2.32 bits per heavy atom. The van der Waals surface area contributed by atoms with Gasteiger partial charge >= 0.3 is 6.97 Å². The lowest BCUT2D eigenvalue weighted by molar-refractivity contribution is -0.363. The van der Waals surface area contributed by atoms with Gasteiger partial charge in [0.25, 0.3) is 0 Å². The summed E-state index contributed by atoms with van der Waals surface area (Å²) in [5, 5.41) is 0. The number of benzene rings is 1. The van der Waals surface area contributed by atoms with Crippen molar-refractivity contribution in [1.29, 1.82) is 0 Å². The minimum Gasteiger partial charge on any atom is -0.494 e. The minimum absolute atomic E-state index is 0.0965. The van der Waals surface area contributed by atoms with E-state index in [1.54, 1.807) is 26.0 Å². The summed E-state index contributed by atoms with van der Waals surface area (Å²) in [6.07, 6.45) is 1.33. The number of allylic oxidation sites excluding steroid dienone is 2. The van der Waals surface area contributed by atoms with E-state index < -0.39 is 12.8 Å². The molecule has 1 aromatic heterocycles. The summed E-state index contributed by atoms with van der Waals surface area (Å²) < 4.78 is 54.2. The molecule has 2 aromatic rings. The fourth-order valence-corrected chi connectivity index (χ4v) is 5.57. The van der Waals surface area contributed by atoms with E-state index in [0.717, 1.165) is 22.3 Å². The predicted molar refractivity (Wildman–Crippen MR) is 120 cm³/mol. The van der Waals surface area contributed by atoms with Crippen molar-refractivity contribution >= 4 is 18.3 Å². The van der Waals surface area contributed by atoms with E-state index in [0.29, 0.717) is 46.8 Å². The third kappa shape index (κ3) is 2.71. The van der Waals surface area contributed by atoms with E-state index in [1.807, 2.05) is 27.7 Å². The van der Waals surface area contributed by atoms with Crippen LogP contribution in [0.3, 0.4) is 0 Å². The third-order valence-corrected chi connectivity index (χ3v) is 6.94. The van der Waals surface area contributed by atoms with Crippen molar-refractivity contribution in [3.8, 4) is 5.75 Å². The smallest absolute Gasteiger partial charge is 0.494 e. The summed E-state index contributed by atoms with van der Waals surface area (Å²) in [4.78, 5) is 0. The molecular formula is C24H28BF3N2O. The highest BCUT2D eigenvalue weighted by Crippen LogP contribution is 2.47. The number of hydrogen-bond acceptors (Lipinski definition) is 1. The molecule has 0 unspecified atom stereocenters. The van der Waals surface area contributed by atoms with Gasteiger partial charge in [0, 0.05) is 23.8 Å². The maximum absolute atomic E-state index is 16.2. The van der Waals surface area contributed by atoms with Gasteiger partial charge in [-0.3, -0.25) is 0 Å². The van der Waals surface area contributed by atoms with Crippen molar-refractivity contribution in [1.82, 2.24) is 4.48 Å². The van der Waals surface area contributed by atoms with Crippen LogP contribution in [0.5, 0.6) is 5.75 Å². The van der Waals surface area contributed by atoms with Crippen LogP contribution in [0, 0.1) is 19.7 Å². The molecule has 2 aliphatic heterocycles. The highest BCUT2D eigenvalue weighted by atomic mass is 19.2. The number of hydrogen-bond donors (Lipinski definition) is 0. The molecule has 0 bridgehead atoms. The molecular weight excluding hydrogens is 400 g/mol. The van der Waals surface area contributed by atoms with Crippen molar-refractivity contribution in [2.45, 2.75) is 54.4 Å². The molecule has 0 N–H and O–H groups in total. The summed E-state index contributed by atoms with van der Waals surface area (Å²) in [7, 11) is 1.41. The molecule has 0 atom stereocenters. The monoisotopic (exact) mass is 428 g/mol. The first-order chi connectivity index (χ1) is 14.6. The van der Waals surface area contributed by atoms with Crippen molar-refractivity contribution in [3.63, 3.8) is 0 Å². The van der Waals surface area contributed by atoms with Gasteiger partial charge in [0.15, 0.2) is 17.3 Å². The Balaban J connectivity index is 2.22. The second-order valence-corrected chi connectivity index (χ2v) is 8.33. The topological polar surface area (TPSA) is 17.2 Å². The highest BCUT2D eigenvalue weighted by Gasteiger charge is 2.56. The second kappa shape index (κ2) is 7.18. The Bertz CT molecular complexity index is 1220. The molecule has 4 rings (SSSR count). The zero-order valence-electron chi connectivity index (χ0n) is 19.2. The standard InChI is InChI=1S/C24H28BF3N2O/c1-8-18-13(3)23-22(17-10-11-20(26)21(12-17)31-7)24-14(4)19(9-2)16(6)30(24)25(27,28)29(23)15(18)5/h10-12H,8-9H2,1-7H3. The molecule has 0 saturated carbocycles. The minimum atomic E-state index is -4.07. The van der Waals surface area contributed by atoms with Crippen LogP contribution in [0.2, 0.25) is 0 Å². The van der Waals surface area contributed by atoms with Gasteiger partial charge in [-0.1, -0.05) is 19.9 Å². The maximum Gasteiger partial charge on any atom is 0.737 e. The number of ether oxygens (including phenoxy) is 1. The lowest BCUT2D eigenvalue weighted by atomic mass is 9.83. The lowest BCUT2D eigenvalue weighted by Crippen LogP contribution is -2.51. The van der Waals surface area contributed by atoms with Crippen LogP contribution in [0.1, 0.15) is 62.2 Å². The fourth-order valence-electron chi connectivity index (χ4n) is 5.57. The molecule has 0 saturated heterocycles. The van der Waals surface area contributed by atoms with Crippen molar-refractivity contribution < 1.29 is 22.2 Å². The molecule has 0 fully saturated rings. The molecule has 3 heterocycles. The van der Waals surface area contributed by atoms with Crippen LogP contribution in [0.4, 0.5) is 13.0 Å². The van der Waals surface area contributed by atoms with Crippen LogP contribution in [0.25, 0.3) is 5.57 Å².